The second-order valence-electron chi connectivity index (χ2n) is 6.52. The number of non-ortho nitro benzene ring substituents is 1. The molecule has 0 radical (unpaired) electrons. The average molecular weight is 421 g/mol. The molecule has 9 nitrogen and oxygen atoms in total. The Bertz CT molecular complexity index is 991. The lowest BCUT2D eigenvalue weighted by Crippen LogP contribution is -2.48. The van der Waals surface area contributed by atoms with E-state index in [9.17, 15) is 23.3 Å². The highest BCUT2D eigenvalue weighted by Crippen LogP contribution is 2.26. The Labute approximate surface area is 169 Å². The number of benzene rings is 2. The van der Waals surface area contributed by atoms with Gasteiger partial charge >= 0.3 is 0 Å². The number of sulfonamides is 1. The standard InChI is InChI=1S/C19H23N3O6S/c1-13(15-8-10-18(28-3)11-9-15)20-19(23)14(2)21(29(4,26)27)16-6-5-7-17(12-16)22(24)25/h5-14H,1-4H3,(H,20,23)/t13-,14-/m1/s1. The minimum atomic E-state index is -3.88. The number of anilines is 1. The Balaban J connectivity index is 2.26. The summed E-state index contributed by atoms with van der Waals surface area (Å²) in [7, 11) is -2.33. The zero-order valence-corrected chi connectivity index (χ0v) is 17.3. The van der Waals surface area contributed by atoms with E-state index < -0.39 is 26.9 Å². The zero-order valence-electron chi connectivity index (χ0n) is 16.5. The van der Waals surface area contributed by atoms with Crippen molar-refractivity contribution in [2.45, 2.75) is 25.9 Å². The van der Waals surface area contributed by atoms with E-state index in [1.807, 2.05) is 0 Å². The smallest absolute Gasteiger partial charge is 0.271 e. The summed E-state index contributed by atoms with van der Waals surface area (Å²) in [6.07, 6.45) is 0.947. The molecule has 1 N–H and O–H groups in total. The highest BCUT2D eigenvalue weighted by molar-refractivity contribution is 7.92. The van der Waals surface area contributed by atoms with E-state index in [4.69, 9.17) is 4.74 Å². The molecule has 2 rings (SSSR count). The molecule has 29 heavy (non-hydrogen) atoms. The highest BCUT2D eigenvalue weighted by Gasteiger charge is 2.30. The van der Waals surface area contributed by atoms with Gasteiger partial charge < -0.3 is 10.1 Å². The summed E-state index contributed by atoms with van der Waals surface area (Å²) in [6.45, 7) is 3.19. The van der Waals surface area contributed by atoms with Gasteiger partial charge in [0.05, 0.1) is 30.0 Å². The molecule has 0 aliphatic rings. The maximum atomic E-state index is 12.8. The van der Waals surface area contributed by atoms with Gasteiger partial charge in [0.25, 0.3) is 5.69 Å². The van der Waals surface area contributed by atoms with Crippen molar-refractivity contribution in [1.29, 1.82) is 0 Å². The Hall–Kier alpha value is -3.14. The van der Waals surface area contributed by atoms with Gasteiger partial charge in [-0.25, -0.2) is 8.42 Å². The van der Waals surface area contributed by atoms with Crippen LogP contribution >= 0.6 is 0 Å². The summed E-state index contributed by atoms with van der Waals surface area (Å²) in [5, 5.41) is 13.8. The number of nitro groups is 1. The van der Waals surface area contributed by atoms with Crippen LogP contribution in [0, 0.1) is 10.1 Å². The van der Waals surface area contributed by atoms with Gasteiger partial charge in [-0.1, -0.05) is 18.2 Å². The van der Waals surface area contributed by atoms with Crippen LogP contribution in [0.15, 0.2) is 48.5 Å². The Morgan fingerprint density at radius 1 is 1.17 bits per heavy atom. The summed E-state index contributed by atoms with van der Waals surface area (Å²) >= 11 is 0. The number of rotatable bonds is 8. The maximum Gasteiger partial charge on any atom is 0.271 e. The molecule has 1 amide bonds. The minimum Gasteiger partial charge on any atom is -0.497 e. The Kier molecular flexibility index (Phi) is 6.80. The van der Waals surface area contributed by atoms with Crippen LogP contribution in [0.2, 0.25) is 0 Å². The molecule has 0 unspecified atom stereocenters. The summed E-state index contributed by atoms with van der Waals surface area (Å²) in [6, 6.07) is 10.8. The van der Waals surface area contributed by atoms with E-state index >= 15 is 0 Å². The zero-order chi connectivity index (χ0) is 21.8. The largest absolute Gasteiger partial charge is 0.497 e. The van der Waals surface area contributed by atoms with E-state index in [1.54, 1.807) is 38.3 Å². The Morgan fingerprint density at radius 3 is 2.31 bits per heavy atom. The van der Waals surface area contributed by atoms with Gasteiger partial charge in [0, 0.05) is 12.1 Å². The normalized spacial score (nSPS) is 13.2. The second-order valence-corrected chi connectivity index (χ2v) is 8.37. The van der Waals surface area contributed by atoms with Crippen LogP contribution in [0.25, 0.3) is 0 Å². The van der Waals surface area contributed by atoms with Crippen LogP contribution in [0.4, 0.5) is 11.4 Å². The van der Waals surface area contributed by atoms with Crippen molar-refractivity contribution in [3.8, 4) is 5.75 Å². The molecule has 0 aliphatic carbocycles. The number of hydrogen-bond donors (Lipinski definition) is 1. The van der Waals surface area contributed by atoms with Crippen LogP contribution in [-0.4, -0.2) is 38.7 Å². The number of nitro benzene ring substituents is 1. The number of nitrogens with one attached hydrogen (secondary N) is 1. The molecule has 0 saturated heterocycles. The molecule has 156 valence electrons. The van der Waals surface area contributed by atoms with Crippen LogP contribution < -0.4 is 14.4 Å². The monoisotopic (exact) mass is 421 g/mol. The van der Waals surface area contributed by atoms with Gasteiger partial charge in [0.2, 0.25) is 15.9 Å². The van der Waals surface area contributed by atoms with Gasteiger partial charge in [-0.05, 0) is 37.6 Å². The number of hydrogen-bond acceptors (Lipinski definition) is 6. The third kappa shape index (κ3) is 5.44. The third-order valence-corrected chi connectivity index (χ3v) is 5.60. The SMILES string of the molecule is COc1ccc([C@@H](C)NC(=O)[C@@H](C)N(c2cccc([N+](=O)[O-])c2)S(C)(=O)=O)cc1. The van der Waals surface area contributed by atoms with Gasteiger partial charge in [-0.2, -0.15) is 0 Å². The lowest BCUT2D eigenvalue weighted by atomic mass is 10.1. The minimum absolute atomic E-state index is 0.0430. The molecular weight excluding hydrogens is 398 g/mol. The number of methoxy groups -OCH3 is 1. The highest BCUT2D eigenvalue weighted by atomic mass is 32.2. The fraction of sp³-hybridized carbons (Fsp3) is 0.316. The molecule has 0 bridgehead atoms. The van der Waals surface area contributed by atoms with E-state index in [0.29, 0.717) is 5.75 Å². The molecule has 0 fully saturated rings. The summed E-state index contributed by atoms with van der Waals surface area (Å²) < 4.78 is 30.7. The lowest BCUT2D eigenvalue weighted by Gasteiger charge is -2.29. The van der Waals surface area contributed by atoms with Crippen molar-refractivity contribution in [1.82, 2.24) is 5.32 Å². The number of ether oxygens (including phenoxy) is 1. The molecule has 2 atom stereocenters. The summed E-state index contributed by atoms with van der Waals surface area (Å²) in [5.41, 5.74) is 0.587. The first-order chi connectivity index (χ1) is 13.5. The van der Waals surface area contributed by atoms with Crippen molar-refractivity contribution in [2.75, 3.05) is 17.7 Å². The number of carbonyl (C=O) groups excluding carboxylic acids is 1. The van der Waals surface area contributed by atoms with Crippen molar-refractivity contribution >= 4 is 27.3 Å². The summed E-state index contributed by atoms with van der Waals surface area (Å²) in [5.74, 6) is 0.139. The van der Waals surface area contributed by atoms with E-state index in [-0.39, 0.29) is 17.4 Å². The van der Waals surface area contributed by atoms with Crippen LogP contribution in [0.1, 0.15) is 25.5 Å². The van der Waals surface area contributed by atoms with Gasteiger partial charge in [0.1, 0.15) is 11.8 Å². The predicted octanol–water partition coefficient (Wildman–Crippen LogP) is 2.64. The quantitative estimate of drug-likeness (QED) is 0.517. The van der Waals surface area contributed by atoms with Crippen LogP contribution in [-0.2, 0) is 14.8 Å². The first kappa shape index (κ1) is 22.2. The van der Waals surface area contributed by atoms with Gasteiger partial charge in [-0.15, -0.1) is 0 Å². The molecule has 0 spiro atoms. The maximum absolute atomic E-state index is 12.8. The molecule has 10 heteroatoms. The molecule has 0 heterocycles. The second kappa shape index (κ2) is 8.91. The number of nitrogens with zero attached hydrogens (tertiary/aromatic N) is 2. The number of carbonyl (C=O) groups is 1. The van der Waals surface area contributed by atoms with Gasteiger partial charge in [0.15, 0.2) is 0 Å². The topological polar surface area (TPSA) is 119 Å². The fourth-order valence-electron chi connectivity index (χ4n) is 2.86. The average Bonchev–Trinajstić information content (AvgIpc) is 2.67. The summed E-state index contributed by atoms with van der Waals surface area (Å²) in [4.78, 5) is 23.2. The lowest BCUT2D eigenvalue weighted by molar-refractivity contribution is -0.384. The molecule has 0 aromatic heterocycles. The number of amides is 1. The molecule has 2 aromatic rings. The third-order valence-electron chi connectivity index (χ3n) is 4.36. The molecule has 0 aliphatic heterocycles. The predicted molar refractivity (Wildman–Crippen MR) is 109 cm³/mol. The molecular formula is C19H23N3O6S. The Morgan fingerprint density at radius 2 is 1.79 bits per heavy atom. The van der Waals surface area contributed by atoms with E-state index in [0.717, 1.165) is 22.2 Å². The van der Waals surface area contributed by atoms with E-state index in [2.05, 4.69) is 5.32 Å². The van der Waals surface area contributed by atoms with Crippen molar-refractivity contribution in [3.63, 3.8) is 0 Å². The molecule has 0 saturated carbocycles. The van der Waals surface area contributed by atoms with Crippen LogP contribution in [0.3, 0.4) is 0 Å². The van der Waals surface area contributed by atoms with Crippen molar-refractivity contribution in [2.24, 2.45) is 0 Å². The molecule has 2 aromatic carbocycles. The first-order valence-corrected chi connectivity index (χ1v) is 10.6. The van der Waals surface area contributed by atoms with Crippen LogP contribution in [0.5, 0.6) is 5.75 Å². The first-order valence-electron chi connectivity index (χ1n) is 8.72. The van der Waals surface area contributed by atoms with E-state index in [1.165, 1.54) is 25.1 Å². The van der Waals surface area contributed by atoms with Crippen molar-refractivity contribution < 1.29 is 22.9 Å². The van der Waals surface area contributed by atoms with Gasteiger partial charge in [-0.3, -0.25) is 19.2 Å². The fourth-order valence-corrected chi connectivity index (χ4v) is 4.03. The van der Waals surface area contributed by atoms with Crippen molar-refractivity contribution in [3.05, 3.63) is 64.2 Å².